The fourth-order valence-corrected chi connectivity index (χ4v) is 3.10. The Bertz CT molecular complexity index is 775. The van der Waals surface area contributed by atoms with Crippen molar-refractivity contribution >= 4 is 16.7 Å². The number of aromatic nitrogens is 3. The van der Waals surface area contributed by atoms with E-state index < -0.39 is 0 Å². The maximum absolute atomic E-state index is 5.08. The molecule has 1 atom stereocenters. The van der Waals surface area contributed by atoms with Crippen LogP contribution in [0.3, 0.4) is 0 Å². The summed E-state index contributed by atoms with van der Waals surface area (Å²) in [6.07, 6.45) is 2.53. The normalized spacial score (nSPS) is 12.1. The lowest BCUT2D eigenvalue weighted by atomic mass is 10.0. The molecule has 1 aromatic carbocycles. The Morgan fingerprint density at radius 1 is 1.21 bits per heavy atom. The molecule has 0 amide bonds. The zero-order valence-electron chi connectivity index (χ0n) is 13.8. The van der Waals surface area contributed by atoms with E-state index in [9.17, 15) is 0 Å². The summed E-state index contributed by atoms with van der Waals surface area (Å²) in [4.78, 5) is 9.06. The molecule has 1 N–H and O–H groups in total. The van der Waals surface area contributed by atoms with Gasteiger partial charge in [0.15, 0.2) is 0 Å². The van der Waals surface area contributed by atoms with Crippen molar-refractivity contribution < 1.29 is 4.74 Å². The molecule has 0 bridgehead atoms. The fraction of sp³-hybridized carbons (Fsp3) is 0.278. The largest absolute Gasteiger partial charge is 0.384 e. The van der Waals surface area contributed by atoms with E-state index in [-0.39, 0.29) is 6.04 Å². The molecule has 124 valence electrons. The van der Waals surface area contributed by atoms with Crippen LogP contribution in [0.25, 0.3) is 0 Å². The lowest BCUT2D eigenvalue weighted by Gasteiger charge is -2.18. The number of pyridine rings is 1. The number of hydrogen-bond acceptors (Lipinski definition) is 6. The van der Waals surface area contributed by atoms with Crippen LogP contribution in [0.4, 0.5) is 5.13 Å². The second-order valence-electron chi connectivity index (χ2n) is 5.50. The first-order valence-electron chi connectivity index (χ1n) is 7.82. The first kappa shape index (κ1) is 16.5. The molecule has 3 rings (SSSR count). The standard InChI is InChI=1S/C18H20N4OS/c1-13-6-5-7-14(12-13)17(15-8-3-4-10-19-15)21-18-20-16(22-24-18)9-11-23-2/h3-8,10,12,17H,9,11H2,1-2H3,(H,20,21,22). The van der Waals surface area contributed by atoms with Crippen LogP contribution in [0.2, 0.25) is 0 Å². The van der Waals surface area contributed by atoms with Crippen molar-refractivity contribution in [2.24, 2.45) is 0 Å². The van der Waals surface area contributed by atoms with Crippen molar-refractivity contribution in [3.63, 3.8) is 0 Å². The average Bonchev–Trinajstić information content (AvgIpc) is 3.06. The molecule has 2 heterocycles. The molecule has 5 nitrogen and oxygen atoms in total. The lowest BCUT2D eigenvalue weighted by molar-refractivity contribution is 0.201. The Morgan fingerprint density at radius 2 is 2.12 bits per heavy atom. The van der Waals surface area contributed by atoms with Gasteiger partial charge in [-0.2, -0.15) is 4.37 Å². The van der Waals surface area contributed by atoms with Gasteiger partial charge in [0.2, 0.25) is 5.13 Å². The highest BCUT2D eigenvalue weighted by molar-refractivity contribution is 7.09. The minimum absolute atomic E-state index is 0.0608. The minimum Gasteiger partial charge on any atom is -0.384 e. The molecule has 0 saturated heterocycles. The Labute approximate surface area is 145 Å². The number of methoxy groups -OCH3 is 1. The quantitative estimate of drug-likeness (QED) is 0.712. The molecule has 1 unspecified atom stereocenters. The number of nitrogens with one attached hydrogen (secondary N) is 1. The molecule has 0 spiro atoms. The second-order valence-corrected chi connectivity index (χ2v) is 6.26. The molecule has 0 aliphatic carbocycles. The van der Waals surface area contributed by atoms with Crippen molar-refractivity contribution in [3.8, 4) is 0 Å². The van der Waals surface area contributed by atoms with Gasteiger partial charge in [0.1, 0.15) is 5.82 Å². The zero-order chi connectivity index (χ0) is 16.8. The van der Waals surface area contributed by atoms with E-state index in [4.69, 9.17) is 4.74 Å². The van der Waals surface area contributed by atoms with Gasteiger partial charge >= 0.3 is 0 Å². The van der Waals surface area contributed by atoms with Crippen molar-refractivity contribution in [1.82, 2.24) is 14.3 Å². The molecular formula is C18H20N4OS. The summed E-state index contributed by atoms with van der Waals surface area (Å²) in [6.45, 7) is 2.71. The molecule has 0 aliphatic heterocycles. The van der Waals surface area contributed by atoms with E-state index in [1.165, 1.54) is 17.1 Å². The van der Waals surface area contributed by atoms with Gasteiger partial charge in [0, 0.05) is 31.3 Å². The molecule has 3 aromatic rings. The summed E-state index contributed by atoms with van der Waals surface area (Å²) in [5, 5.41) is 4.27. The molecular weight excluding hydrogens is 320 g/mol. The summed E-state index contributed by atoms with van der Waals surface area (Å²) >= 11 is 1.37. The predicted molar refractivity (Wildman–Crippen MR) is 96.4 cm³/mol. The van der Waals surface area contributed by atoms with Gasteiger partial charge in [-0.25, -0.2) is 4.98 Å². The third-order valence-electron chi connectivity index (χ3n) is 3.62. The van der Waals surface area contributed by atoms with Crippen LogP contribution in [0.15, 0.2) is 48.7 Å². The predicted octanol–water partition coefficient (Wildman–Crippen LogP) is 3.63. The average molecular weight is 340 g/mol. The third-order valence-corrected chi connectivity index (χ3v) is 4.31. The Morgan fingerprint density at radius 3 is 2.88 bits per heavy atom. The molecule has 0 fully saturated rings. The van der Waals surface area contributed by atoms with E-state index in [0.717, 1.165) is 22.2 Å². The number of benzene rings is 1. The lowest BCUT2D eigenvalue weighted by Crippen LogP contribution is -2.14. The summed E-state index contributed by atoms with van der Waals surface area (Å²) in [5.41, 5.74) is 3.33. The fourth-order valence-electron chi connectivity index (χ4n) is 2.46. The van der Waals surface area contributed by atoms with Gasteiger partial charge in [-0.05, 0) is 24.6 Å². The first-order chi connectivity index (χ1) is 11.8. The summed E-state index contributed by atoms with van der Waals surface area (Å²) in [5.74, 6) is 0.799. The summed E-state index contributed by atoms with van der Waals surface area (Å²) in [6, 6.07) is 14.3. The minimum atomic E-state index is -0.0608. The van der Waals surface area contributed by atoms with E-state index >= 15 is 0 Å². The van der Waals surface area contributed by atoms with Gasteiger partial charge in [-0.1, -0.05) is 35.9 Å². The van der Waals surface area contributed by atoms with Crippen molar-refractivity contribution in [1.29, 1.82) is 0 Å². The smallest absolute Gasteiger partial charge is 0.203 e. The number of aryl methyl sites for hydroxylation is 1. The van der Waals surface area contributed by atoms with Crippen LogP contribution < -0.4 is 5.32 Å². The third kappa shape index (κ3) is 4.15. The number of ether oxygens (including phenoxy) is 1. The van der Waals surface area contributed by atoms with Crippen LogP contribution in [-0.2, 0) is 11.2 Å². The van der Waals surface area contributed by atoms with Crippen molar-refractivity contribution in [3.05, 3.63) is 71.3 Å². The summed E-state index contributed by atoms with van der Waals surface area (Å²) in [7, 11) is 1.68. The van der Waals surface area contributed by atoms with Gasteiger partial charge < -0.3 is 10.1 Å². The number of rotatable bonds is 7. The van der Waals surface area contributed by atoms with Gasteiger partial charge in [0.05, 0.1) is 18.3 Å². The highest BCUT2D eigenvalue weighted by Crippen LogP contribution is 2.26. The van der Waals surface area contributed by atoms with Gasteiger partial charge in [-0.3, -0.25) is 4.98 Å². The van der Waals surface area contributed by atoms with E-state index in [0.29, 0.717) is 13.0 Å². The van der Waals surface area contributed by atoms with Crippen LogP contribution in [-0.4, -0.2) is 28.1 Å². The Hall–Kier alpha value is -2.31. The SMILES string of the molecule is COCCc1nsc(NC(c2cccc(C)c2)c2ccccn2)n1. The highest BCUT2D eigenvalue weighted by Gasteiger charge is 2.17. The Kier molecular flexibility index (Phi) is 5.51. The second kappa shape index (κ2) is 7.99. The number of nitrogens with zero attached hydrogens (tertiary/aromatic N) is 3. The number of anilines is 1. The van der Waals surface area contributed by atoms with Crippen LogP contribution in [0, 0.1) is 6.92 Å². The van der Waals surface area contributed by atoms with E-state index in [2.05, 4.69) is 50.8 Å². The maximum atomic E-state index is 5.08. The topological polar surface area (TPSA) is 59.9 Å². The van der Waals surface area contributed by atoms with Crippen molar-refractivity contribution in [2.75, 3.05) is 19.0 Å². The molecule has 6 heteroatoms. The molecule has 0 aliphatic rings. The van der Waals surface area contributed by atoms with Crippen LogP contribution >= 0.6 is 11.5 Å². The van der Waals surface area contributed by atoms with Crippen LogP contribution in [0.1, 0.15) is 28.7 Å². The van der Waals surface area contributed by atoms with Gasteiger partial charge in [-0.15, -0.1) is 0 Å². The highest BCUT2D eigenvalue weighted by atomic mass is 32.1. The van der Waals surface area contributed by atoms with Crippen molar-refractivity contribution in [2.45, 2.75) is 19.4 Å². The molecule has 2 aromatic heterocycles. The maximum Gasteiger partial charge on any atom is 0.203 e. The monoisotopic (exact) mass is 340 g/mol. The van der Waals surface area contributed by atoms with Crippen LogP contribution in [0.5, 0.6) is 0 Å². The van der Waals surface area contributed by atoms with Gasteiger partial charge in [0.25, 0.3) is 0 Å². The molecule has 0 saturated carbocycles. The summed E-state index contributed by atoms with van der Waals surface area (Å²) < 4.78 is 9.46. The molecule has 24 heavy (non-hydrogen) atoms. The number of hydrogen-bond donors (Lipinski definition) is 1. The Balaban J connectivity index is 1.86. The zero-order valence-corrected chi connectivity index (χ0v) is 14.6. The van der Waals surface area contributed by atoms with E-state index in [1.807, 2.05) is 24.4 Å². The molecule has 0 radical (unpaired) electrons. The van der Waals surface area contributed by atoms with E-state index in [1.54, 1.807) is 7.11 Å². The first-order valence-corrected chi connectivity index (χ1v) is 8.59.